The Bertz CT molecular complexity index is 570. The number of aliphatic hydroxyl groups excluding tert-OH is 4. The van der Waals surface area contributed by atoms with Crippen molar-refractivity contribution in [1.82, 2.24) is 0 Å². The summed E-state index contributed by atoms with van der Waals surface area (Å²) in [5.74, 6) is -4.28. The molecule has 0 aliphatic carbocycles. The average molecular weight is 438 g/mol. The molecule has 12 nitrogen and oxygen atoms in total. The predicted octanol–water partition coefficient (Wildman–Crippen LogP) is -1.89. The van der Waals surface area contributed by atoms with Crippen LogP contribution in [0.3, 0.4) is 0 Å². The number of rotatable bonds is 9. The number of carbonyl (C=O) groups is 3. The second-order valence-electron chi connectivity index (χ2n) is 6.05. The van der Waals surface area contributed by atoms with Crippen molar-refractivity contribution in [2.24, 2.45) is 0 Å². The number of aliphatic carboxylic acids is 3. The molecule has 0 rings (SSSR count). The summed E-state index contributed by atoms with van der Waals surface area (Å²) in [6.45, 7) is 3.77. The molecule has 0 saturated heterocycles. The zero-order valence-electron chi connectivity index (χ0n) is 16.8. The van der Waals surface area contributed by atoms with E-state index < -0.39 is 41.3 Å². The molecule has 0 spiro atoms. The van der Waals surface area contributed by atoms with Gasteiger partial charge >= 0.3 is 17.9 Å². The highest BCUT2D eigenvalue weighted by atomic mass is 16.4. The molecule has 0 saturated carbocycles. The Morgan fingerprint density at radius 1 is 0.733 bits per heavy atom. The molecule has 0 aromatic rings. The Kier molecular flexibility index (Phi) is 17.3. The summed E-state index contributed by atoms with van der Waals surface area (Å²) < 4.78 is 0. The molecule has 0 aliphatic heterocycles. The fraction of sp³-hybridized carbons (Fsp3) is 0.500. The van der Waals surface area contributed by atoms with Crippen LogP contribution in [0.15, 0.2) is 36.5 Å². The van der Waals surface area contributed by atoms with Gasteiger partial charge in [-0.15, -0.1) is 0 Å². The Labute approximate surface area is 173 Å². The van der Waals surface area contributed by atoms with Gasteiger partial charge in [0.25, 0.3) is 0 Å². The van der Waals surface area contributed by atoms with Gasteiger partial charge in [-0.2, -0.15) is 0 Å². The molecular weight excluding hydrogens is 408 g/mol. The summed E-state index contributed by atoms with van der Waals surface area (Å²) >= 11 is 0. The maximum Gasteiger partial charge on any atom is 0.328 e. The Balaban J connectivity index is -0.000000599. The van der Waals surface area contributed by atoms with E-state index in [9.17, 15) is 24.6 Å². The van der Waals surface area contributed by atoms with Crippen molar-refractivity contribution in [1.29, 1.82) is 0 Å². The van der Waals surface area contributed by atoms with Gasteiger partial charge in [-0.25, -0.2) is 14.4 Å². The van der Waals surface area contributed by atoms with E-state index >= 15 is 0 Å². The first kappa shape index (κ1) is 32.1. The number of aliphatic hydroxyl groups is 6. The maximum absolute atomic E-state index is 10.4. The first-order valence-corrected chi connectivity index (χ1v) is 8.33. The molecule has 0 heterocycles. The third kappa shape index (κ3) is 18.7. The van der Waals surface area contributed by atoms with Gasteiger partial charge in [-0.3, -0.25) is 0 Å². The molecule has 0 aromatic heterocycles. The summed E-state index contributed by atoms with van der Waals surface area (Å²) in [6, 6.07) is 0. The van der Waals surface area contributed by atoms with Crippen molar-refractivity contribution in [2.75, 3.05) is 13.2 Å². The molecule has 0 aliphatic rings. The lowest BCUT2D eigenvalue weighted by Crippen LogP contribution is -2.48. The summed E-state index contributed by atoms with van der Waals surface area (Å²) in [6.07, 6.45) is 2.39. The minimum atomic E-state index is -2.42. The van der Waals surface area contributed by atoms with Crippen LogP contribution in [0.5, 0.6) is 0 Å². The molecule has 3 atom stereocenters. The minimum absolute atomic E-state index is 0.139. The van der Waals surface area contributed by atoms with Crippen LogP contribution in [0.2, 0.25) is 0 Å². The molecule has 0 bridgehead atoms. The van der Waals surface area contributed by atoms with Gasteiger partial charge in [0.05, 0.1) is 25.4 Å². The minimum Gasteiger partial charge on any atom is -0.478 e. The van der Waals surface area contributed by atoms with Crippen molar-refractivity contribution in [3.8, 4) is 0 Å². The van der Waals surface area contributed by atoms with Gasteiger partial charge in [0, 0.05) is 18.2 Å². The second-order valence-corrected chi connectivity index (χ2v) is 6.05. The van der Waals surface area contributed by atoms with Crippen molar-refractivity contribution < 1.29 is 60.3 Å². The van der Waals surface area contributed by atoms with E-state index in [1.165, 1.54) is 13.8 Å². The molecule has 3 unspecified atom stereocenters. The first-order valence-electron chi connectivity index (χ1n) is 8.33. The van der Waals surface area contributed by atoms with Crippen LogP contribution in [0.1, 0.15) is 20.8 Å². The third-order valence-electron chi connectivity index (χ3n) is 2.85. The van der Waals surface area contributed by atoms with Gasteiger partial charge in [-0.1, -0.05) is 0 Å². The Morgan fingerprint density at radius 2 is 0.967 bits per heavy atom. The van der Waals surface area contributed by atoms with Crippen molar-refractivity contribution >= 4 is 17.9 Å². The van der Waals surface area contributed by atoms with Crippen LogP contribution in [0.4, 0.5) is 0 Å². The van der Waals surface area contributed by atoms with E-state index in [2.05, 4.69) is 0 Å². The van der Waals surface area contributed by atoms with Gasteiger partial charge in [0.15, 0.2) is 0 Å². The number of hydrogen-bond donors (Lipinski definition) is 9. The maximum atomic E-state index is 10.4. The Hall–Kier alpha value is -2.61. The van der Waals surface area contributed by atoms with Crippen LogP contribution >= 0.6 is 0 Å². The summed E-state index contributed by atoms with van der Waals surface area (Å²) in [4.78, 5) is 31.3. The lowest BCUT2D eigenvalue weighted by molar-refractivity contribution is -0.133. The van der Waals surface area contributed by atoms with E-state index in [4.69, 9.17) is 35.7 Å². The van der Waals surface area contributed by atoms with E-state index in [0.717, 1.165) is 6.92 Å². The molecule has 174 valence electrons. The molecule has 9 N–H and O–H groups in total. The van der Waals surface area contributed by atoms with E-state index in [1.807, 2.05) is 0 Å². The quantitative estimate of drug-likeness (QED) is 0.180. The van der Waals surface area contributed by atoms with Crippen LogP contribution in [-0.4, -0.2) is 100 Å². The number of carboxylic acid groups (broad SMARTS) is 3. The highest BCUT2D eigenvalue weighted by molar-refractivity contribution is 5.82. The SMILES string of the molecule is CC(O)(C=CC(=O)O)C(O)(C=CC(=O)O)C=CC(=O)O.CC(O)CO.CC(O)CO. The third-order valence-corrected chi connectivity index (χ3v) is 2.85. The molecule has 0 fully saturated rings. The number of carboxylic acids is 3. The molecule has 0 radical (unpaired) electrons. The highest BCUT2D eigenvalue weighted by Gasteiger charge is 2.40. The topological polar surface area (TPSA) is 233 Å². The zero-order valence-corrected chi connectivity index (χ0v) is 16.8. The van der Waals surface area contributed by atoms with Crippen LogP contribution in [-0.2, 0) is 14.4 Å². The largest absolute Gasteiger partial charge is 0.478 e. The van der Waals surface area contributed by atoms with Gasteiger partial charge in [0.1, 0.15) is 11.2 Å². The standard InChI is InChI=1S/C12H14O8.2C3H8O2/c1-11(19,5-2-8(13)14)12(20,6-3-9(15)16)7-4-10(17)18;2*1-3(5)2-4/h2-7,19-20H,1H3,(H,13,14)(H,15,16)(H,17,18);2*3-5H,2H2,1H3. The van der Waals surface area contributed by atoms with Crippen molar-refractivity contribution in [2.45, 2.75) is 44.2 Å². The normalized spacial score (nSPS) is 17.1. The summed E-state index contributed by atoms with van der Waals surface area (Å²) in [5, 5.41) is 77.7. The summed E-state index contributed by atoms with van der Waals surface area (Å²) in [5.41, 5.74) is -4.67. The van der Waals surface area contributed by atoms with Crippen molar-refractivity contribution in [3.63, 3.8) is 0 Å². The van der Waals surface area contributed by atoms with Gasteiger partial charge < -0.3 is 46.0 Å². The van der Waals surface area contributed by atoms with Gasteiger partial charge in [0.2, 0.25) is 0 Å². The molecule has 0 aromatic carbocycles. The smallest absolute Gasteiger partial charge is 0.328 e. The zero-order chi connectivity index (χ0) is 24.5. The number of hydrogen-bond acceptors (Lipinski definition) is 9. The molecule has 12 heteroatoms. The first-order chi connectivity index (χ1) is 13.5. The summed E-state index contributed by atoms with van der Waals surface area (Å²) in [7, 11) is 0. The van der Waals surface area contributed by atoms with E-state index in [0.29, 0.717) is 36.5 Å². The monoisotopic (exact) mass is 438 g/mol. The fourth-order valence-corrected chi connectivity index (χ4v) is 1.16. The van der Waals surface area contributed by atoms with Crippen LogP contribution in [0, 0.1) is 0 Å². The average Bonchev–Trinajstić information content (AvgIpc) is 2.63. The van der Waals surface area contributed by atoms with Gasteiger partial charge in [-0.05, 0) is 39.0 Å². The second kappa shape index (κ2) is 16.2. The highest BCUT2D eigenvalue weighted by Crippen LogP contribution is 2.27. The predicted molar refractivity (Wildman–Crippen MR) is 103 cm³/mol. The van der Waals surface area contributed by atoms with Crippen molar-refractivity contribution in [3.05, 3.63) is 36.5 Å². The lowest BCUT2D eigenvalue weighted by atomic mass is 9.83. The van der Waals surface area contributed by atoms with Crippen LogP contribution in [0.25, 0.3) is 0 Å². The van der Waals surface area contributed by atoms with E-state index in [-0.39, 0.29) is 13.2 Å². The van der Waals surface area contributed by atoms with Crippen LogP contribution < -0.4 is 0 Å². The fourth-order valence-electron chi connectivity index (χ4n) is 1.16. The lowest BCUT2D eigenvalue weighted by Gasteiger charge is -2.34. The molecular formula is C18H30O12. The van der Waals surface area contributed by atoms with E-state index in [1.54, 1.807) is 0 Å². The Morgan fingerprint density at radius 3 is 1.17 bits per heavy atom. The molecule has 0 amide bonds. The molecule has 30 heavy (non-hydrogen) atoms.